The highest BCUT2D eigenvalue weighted by Crippen LogP contribution is 2.46. The van der Waals surface area contributed by atoms with Gasteiger partial charge in [0.15, 0.2) is 6.61 Å². The molecule has 3 amide bonds. The summed E-state index contributed by atoms with van der Waals surface area (Å²) in [7, 11) is 1.76. The lowest BCUT2D eigenvalue weighted by atomic mass is 10.2. The summed E-state index contributed by atoms with van der Waals surface area (Å²) >= 11 is 1.31. The number of hydrogen-bond acceptors (Lipinski definition) is 8. The zero-order chi connectivity index (χ0) is 21.0. The highest BCUT2D eigenvalue weighted by atomic mass is 32.2. The van der Waals surface area contributed by atoms with Gasteiger partial charge in [-0.1, -0.05) is 23.9 Å². The fourth-order valence-corrected chi connectivity index (χ4v) is 4.07. The monoisotopic (exact) mass is 414 g/mol. The van der Waals surface area contributed by atoms with E-state index in [1.165, 1.54) is 11.8 Å². The number of nitriles is 1. The van der Waals surface area contributed by atoms with Crippen LogP contribution in [0.1, 0.15) is 12.8 Å². The summed E-state index contributed by atoms with van der Waals surface area (Å²) in [6.07, 6.45) is 0.176. The number of nitrogens with one attached hydrogen (secondary N) is 1. The Bertz CT molecular complexity index is 936. The Kier molecular flexibility index (Phi) is 6.19. The summed E-state index contributed by atoms with van der Waals surface area (Å²) in [6, 6.07) is 8.95. The van der Waals surface area contributed by atoms with E-state index in [0.29, 0.717) is 5.03 Å². The van der Waals surface area contributed by atoms with Crippen LogP contribution in [0.2, 0.25) is 0 Å². The molecule has 2 aliphatic rings. The normalized spacial score (nSPS) is 17.0. The van der Waals surface area contributed by atoms with Crippen LogP contribution in [0.25, 0.3) is 0 Å². The second-order valence-electron chi connectivity index (χ2n) is 6.31. The standard InChI is InChI=1S/C19H18N4O5S/c1-22-13-5-2-3-6-15(13)29-18(22)12(9-20)14(24)11-28-17(26)7-4-8-23-16(25)10-21-19(23)27/h2-3,5-6H,4,7-8,10-11H2,1H3,(H,21,27)/b18-12-. The van der Waals surface area contributed by atoms with Crippen molar-refractivity contribution >= 4 is 41.1 Å². The maximum absolute atomic E-state index is 12.4. The lowest BCUT2D eigenvalue weighted by molar-refractivity contribution is -0.147. The summed E-state index contributed by atoms with van der Waals surface area (Å²) < 4.78 is 4.97. The molecule has 1 N–H and O–H groups in total. The van der Waals surface area contributed by atoms with Crippen LogP contribution in [-0.4, -0.2) is 55.3 Å². The number of ketones is 1. The Morgan fingerprint density at radius 3 is 2.72 bits per heavy atom. The van der Waals surface area contributed by atoms with Gasteiger partial charge in [0.1, 0.15) is 16.7 Å². The van der Waals surface area contributed by atoms with E-state index in [1.54, 1.807) is 11.9 Å². The van der Waals surface area contributed by atoms with E-state index >= 15 is 0 Å². The van der Waals surface area contributed by atoms with Crippen molar-refractivity contribution in [2.24, 2.45) is 0 Å². The van der Waals surface area contributed by atoms with Gasteiger partial charge >= 0.3 is 12.0 Å². The number of hydrogen-bond donors (Lipinski definition) is 1. The number of para-hydroxylation sites is 1. The predicted octanol–water partition coefficient (Wildman–Crippen LogP) is 1.41. The van der Waals surface area contributed by atoms with E-state index in [2.05, 4.69) is 5.32 Å². The number of rotatable bonds is 7. The van der Waals surface area contributed by atoms with Crippen molar-refractivity contribution in [1.29, 1.82) is 5.26 Å². The first-order valence-electron chi connectivity index (χ1n) is 8.84. The summed E-state index contributed by atoms with van der Waals surface area (Å²) in [6.45, 7) is -0.486. The van der Waals surface area contributed by atoms with Gasteiger partial charge in [-0.2, -0.15) is 5.26 Å². The van der Waals surface area contributed by atoms with Gasteiger partial charge in [0, 0.05) is 24.9 Å². The lowest BCUT2D eigenvalue weighted by Crippen LogP contribution is -2.32. The molecule has 1 saturated heterocycles. The third kappa shape index (κ3) is 4.41. The molecule has 0 aromatic heterocycles. The van der Waals surface area contributed by atoms with Gasteiger partial charge in [-0.3, -0.25) is 19.3 Å². The predicted molar refractivity (Wildman–Crippen MR) is 104 cm³/mol. The Balaban J connectivity index is 1.52. The molecule has 0 spiro atoms. The van der Waals surface area contributed by atoms with Gasteiger partial charge in [-0.05, 0) is 18.6 Å². The van der Waals surface area contributed by atoms with E-state index in [9.17, 15) is 24.4 Å². The molecular weight excluding hydrogens is 396 g/mol. The lowest BCUT2D eigenvalue weighted by Gasteiger charge is -2.14. The summed E-state index contributed by atoms with van der Waals surface area (Å²) in [5, 5.41) is 12.3. The molecule has 0 saturated carbocycles. The largest absolute Gasteiger partial charge is 0.457 e. The number of thioether (sulfide) groups is 1. The molecule has 9 nitrogen and oxygen atoms in total. The van der Waals surface area contributed by atoms with E-state index in [4.69, 9.17) is 4.74 Å². The zero-order valence-corrected chi connectivity index (χ0v) is 16.5. The molecule has 1 aromatic rings. The molecule has 0 atom stereocenters. The van der Waals surface area contributed by atoms with Gasteiger partial charge in [-0.15, -0.1) is 0 Å². The van der Waals surface area contributed by atoms with Crippen molar-refractivity contribution in [2.45, 2.75) is 17.7 Å². The Morgan fingerprint density at radius 1 is 1.31 bits per heavy atom. The number of carbonyl (C=O) groups is 4. The van der Waals surface area contributed by atoms with Crippen LogP contribution in [0.5, 0.6) is 0 Å². The number of urea groups is 1. The van der Waals surface area contributed by atoms with Gasteiger partial charge < -0.3 is 15.0 Å². The molecule has 29 heavy (non-hydrogen) atoms. The number of anilines is 1. The zero-order valence-electron chi connectivity index (χ0n) is 15.6. The molecule has 1 aromatic carbocycles. The molecule has 2 heterocycles. The number of amides is 3. The molecule has 0 bridgehead atoms. The second kappa shape index (κ2) is 8.79. The van der Waals surface area contributed by atoms with Crippen LogP contribution in [0.4, 0.5) is 10.5 Å². The topological polar surface area (TPSA) is 120 Å². The average molecular weight is 414 g/mol. The first-order valence-corrected chi connectivity index (χ1v) is 9.66. The van der Waals surface area contributed by atoms with Crippen LogP contribution in [0.15, 0.2) is 39.8 Å². The quantitative estimate of drug-likeness (QED) is 0.308. The summed E-state index contributed by atoms with van der Waals surface area (Å²) in [5.41, 5.74) is 0.825. The van der Waals surface area contributed by atoms with Gasteiger partial charge in [0.25, 0.3) is 0 Å². The van der Waals surface area contributed by atoms with E-state index in [0.717, 1.165) is 15.5 Å². The number of imide groups is 1. The summed E-state index contributed by atoms with van der Waals surface area (Å²) in [5.74, 6) is -1.57. The van der Waals surface area contributed by atoms with E-state index < -0.39 is 24.4 Å². The third-order valence-electron chi connectivity index (χ3n) is 4.41. The van der Waals surface area contributed by atoms with Crippen LogP contribution in [0.3, 0.4) is 0 Å². The number of benzene rings is 1. The first-order chi connectivity index (χ1) is 13.9. The van der Waals surface area contributed by atoms with E-state index in [-0.39, 0.29) is 37.4 Å². The average Bonchev–Trinajstić information content (AvgIpc) is 3.21. The van der Waals surface area contributed by atoms with Crippen molar-refractivity contribution in [3.63, 3.8) is 0 Å². The van der Waals surface area contributed by atoms with Gasteiger partial charge in [-0.25, -0.2) is 4.79 Å². The first kappa shape index (κ1) is 20.4. The van der Waals surface area contributed by atoms with Crippen molar-refractivity contribution in [3.05, 3.63) is 34.9 Å². The molecule has 0 unspecified atom stereocenters. The molecule has 0 aliphatic carbocycles. The highest BCUT2D eigenvalue weighted by molar-refractivity contribution is 8.03. The Morgan fingerprint density at radius 2 is 2.07 bits per heavy atom. The highest BCUT2D eigenvalue weighted by Gasteiger charge is 2.29. The number of carbonyl (C=O) groups excluding carboxylic acids is 4. The Hall–Kier alpha value is -3.32. The maximum Gasteiger partial charge on any atom is 0.324 e. The fraction of sp³-hybridized carbons (Fsp3) is 0.316. The van der Waals surface area contributed by atoms with E-state index in [1.807, 2.05) is 30.3 Å². The second-order valence-corrected chi connectivity index (χ2v) is 7.34. The van der Waals surface area contributed by atoms with Crippen LogP contribution >= 0.6 is 11.8 Å². The molecule has 2 aliphatic heterocycles. The van der Waals surface area contributed by atoms with Crippen LogP contribution < -0.4 is 10.2 Å². The molecule has 3 rings (SSSR count). The van der Waals surface area contributed by atoms with Crippen molar-refractivity contribution < 1.29 is 23.9 Å². The van der Waals surface area contributed by atoms with Crippen molar-refractivity contribution in [1.82, 2.24) is 10.2 Å². The molecule has 0 radical (unpaired) electrons. The van der Waals surface area contributed by atoms with Crippen molar-refractivity contribution in [3.8, 4) is 6.07 Å². The number of esters is 1. The van der Waals surface area contributed by atoms with Gasteiger partial charge in [0.05, 0.1) is 12.2 Å². The molecule has 10 heteroatoms. The summed E-state index contributed by atoms with van der Waals surface area (Å²) in [4.78, 5) is 50.9. The minimum absolute atomic E-state index is 0.0420. The molecule has 1 fully saturated rings. The minimum Gasteiger partial charge on any atom is -0.457 e. The fourth-order valence-electron chi connectivity index (χ4n) is 2.90. The van der Waals surface area contributed by atoms with Crippen molar-refractivity contribution in [2.75, 3.05) is 31.6 Å². The number of fused-ring (bicyclic) bond motifs is 1. The van der Waals surface area contributed by atoms with Crippen LogP contribution in [0, 0.1) is 11.3 Å². The van der Waals surface area contributed by atoms with Gasteiger partial charge in [0.2, 0.25) is 11.7 Å². The SMILES string of the molecule is CN1/C(=C(\C#N)C(=O)COC(=O)CCCN2C(=O)CNC2=O)Sc2ccccc21. The molecular formula is C19H18N4O5S. The Labute approximate surface area is 171 Å². The number of nitrogens with zero attached hydrogens (tertiary/aromatic N) is 3. The number of ether oxygens (including phenoxy) is 1. The minimum atomic E-state index is -0.636. The third-order valence-corrected chi connectivity index (χ3v) is 5.64. The number of Topliss-reactive ketones (excluding diaryl/α,β-unsaturated/α-hetero) is 1. The smallest absolute Gasteiger partial charge is 0.324 e. The molecule has 150 valence electrons. The van der Waals surface area contributed by atoms with Crippen LogP contribution in [-0.2, 0) is 19.1 Å². The maximum atomic E-state index is 12.4.